The van der Waals surface area contributed by atoms with Gasteiger partial charge in [0.2, 0.25) is 0 Å². The van der Waals surface area contributed by atoms with Crippen molar-refractivity contribution in [3.8, 4) is 0 Å². The Bertz CT molecular complexity index is 851. The maximum absolute atomic E-state index is 12.6. The first-order chi connectivity index (χ1) is 12.9. The molecule has 8 nitrogen and oxygen atoms in total. The summed E-state index contributed by atoms with van der Waals surface area (Å²) in [7, 11) is 0. The molecule has 2 amide bonds. The Kier molecular flexibility index (Phi) is 5.54. The minimum absolute atomic E-state index is 0.0509. The van der Waals surface area contributed by atoms with Crippen molar-refractivity contribution in [2.45, 2.75) is 39.9 Å². The van der Waals surface area contributed by atoms with E-state index in [9.17, 15) is 4.79 Å². The number of hydrogen-bond donors (Lipinski definition) is 2. The van der Waals surface area contributed by atoms with E-state index in [1.54, 1.807) is 23.5 Å². The van der Waals surface area contributed by atoms with Crippen molar-refractivity contribution in [3.63, 3.8) is 0 Å². The zero-order valence-electron chi connectivity index (χ0n) is 15.8. The van der Waals surface area contributed by atoms with E-state index in [-0.39, 0.29) is 17.5 Å². The first-order valence-electron chi connectivity index (χ1n) is 8.85. The van der Waals surface area contributed by atoms with E-state index >= 15 is 0 Å². The average Bonchev–Trinajstić information content (AvgIpc) is 3.27. The van der Waals surface area contributed by atoms with Gasteiger partial charge in [0.05, 0.1) is 18.9 Å². The summed E-state index contributed by atoms with van der Waals surface area (Å²) in [4.78, 5) is 20.6. The molecule has 0 spiro atoms. The summed E-state index contributed by atoms with van der Waals surface area (Å²) in [5, 5.41) is 10.1. The lowest BCUT2D eigenvalue weighted by Crippen LogP contribution is -2.47. The van der Waals surface area contributed by atoms with E-state index in [1.165, 1.54) is 6.33 Å². The molecule has 1 aromatic carbocycles. The van der Waals surface area contributed by atoms with E-state index in [0.717, 1.165) is 11.3 Å². The van der Waals surface area contributed by atoms with Gasteiger partial charge in [0.1, 0.15) is 12.7 Å². The highest BCUT2D eigenvalue weighted by molar-refractivity contribution is 5.89. The predicted octanol–water partition coefficient (Wildman–Crippen LogP) is 2.76. The maximum atomic E-state index is 12.6. The molecule has 2 aromatic heterocycles. The quantitative estimate of drug-likeness (QED) is 0.701. The summed E-state index contributed by atoms with van der Waals surface area (Å²) in [6.07, 6.45) is 8.55. The smallest absolute Gasteiger partial charge is 0.319 e. The van der Waals surface area contributed by atoms with Crippen molar-refractivity contribution in [2.75, 3.05) is 5.32 Å². The number of rotatable bonds is 6. The molecular weight excluding hydrogens is 342 g/mol. The largest absolute Gasteiger partial charge is 0.335 e. The topological polar surface area (TPSA) is 89.7 Å². The fourth-order valence-electron chi connectivity index (χ4n) is 2.72. The highest BCUT2D eigenvalue weighted by atomic mass is 16.2. The van der Waals surface area contributed by atoms with Crippen molar-refractivity contribution in [3.05, 3.63) is 61.2 Å². The van der Waals surface area contributed by atoms with Crippen LogP contribution in [0.25, 0.3) is 0 Å². The van der Waals surface area contributed by atoms with Gasteiger partial charge in [0.25, 0.3) is 0 Å². The number of imidazole rings is 1. The van der Waals surface area contributed by atoms with Crippen molar-refractivity contribution in [1.82, 2.24) is 29.6 Å². The third kappa shape index (κ3) is 5.40. The van der Waals surface area contributed by atoms with Gasteiger partial charge < -0.3 is 15.2 Å². The average molecular weight is 367 g/mol. The Morgan fingerprint density at radius 2 is 2.07 bits per heavy atom. The monoisotopic (exact) mass is 367 g/mol. The molecule has 1 atom stereocenters. The summed E-state index contributed by atoms with van der Waals surface area (Å²) in [5.41, 5.74) is 1.67. The van der Waals surface area contributed by atoms with Crippen molar-refractivity contribution in [1.29, 1.82) is 0 Å². The van der Waals surface area contributed by atoms with Crippen LogP contribution in [0.15, 0.2) is 55.6 Å². The Morgan fingerprint density at radius 1 is 1.22 bits per heavy atom. The second kappa shape index (κ2) is 8.03. The number of anilines is 1. The van der Waals surface area contributed by atoms with E-state index in [1.807, 2.05) is 35.0 Å². The van der Waals surface area contributed by atoms with Gasteiger partial charge in [-0.05, 0) is 23.1 Å². The third-order valence-electron chi connectivity index (χ3n) is 4.30. The SMILES string of the molecule is CC(C)(C)[C@H](Cn1ccnc1)NC(=O)Nc1cccc(Cn2cncn2)c1. The lowest BCUT2D eigenvalue weighted by molar-refractivity contribution is 0.219. The van der Waals surface area contributed by atoms with Crippen LogP contribution < -0.4 is 10.6 Å². The van der Waals surface area contributed by atoms with E-state index < -0.39 is 0 Å². The summed E-state index contributed by atoms with van der Waals surface area (Å²) in [5.74, 6) is 0. The number of hydrogen-bond acceptors (Lipinski definition) is 4. The molecule has 142 valence electrons. The van der Waals surface area contributed by atoms with Gasteiger partial charge in [-0.3, -0.25) is 0 Å². The Balaban J connectivity index is 1.63. The van der Waals surface area contributed by atoms with Crippen LogP contribution >= 0.6 is 0 Å². The van der Waals surface area contributed by atoms with E-state index in [0.29, 0.717) is 13.1 Å². The van der Waals surface area contributed by atoms with Crippen molar-refractivity contribution >= 4 is 11.7 Å². The summed E-state index contributed by atoms with van der Waals surface area (Å²) < 4.78 is 3.70. The van der Waals surface area contributed by atoms with Crippen LogP contribution in [0.5, 0.6) is 0 Å². The van der Waals surface area contributed by atoms with Gasteiger partial charge in [0, 0.05) is 24.6 Å². The first-order valence-corrected chi connectivity index (χ1v) is 8.85. The van der Waals surface area contributed by atoms with Gasteiger partial charge in [0.15, 0.2) is 0 Å². The van der Waals surface area contributed by atoms with Crippen LogP contribution in [-0.2, 0) is 13.1 Å². The number of urea groups is 1. The molecule has 2 heterocycles. The normalized spacial score (nSPS) is 12.6. The molecular formula is C19H25N7O. The third-order valence-corrected chi connectivity index (χ3v) is 4.30. The molecule has 2 N–H and O–H groups in total. The molecule has 3 aromatic rings. The molecule has 0 saturated carbocycles. The van der Waals surface area contributed by atoms with Gasteiger partial charge in [-0.15, -0.1) is 0 Å². The Morgan fingerprint density at radius 3 is 2.74 bits per heavy atom. The highest BCUT2D eigenvalue weighted by Crippen LogP contribution is 2.21. The molecule has 0 fully saturated rings. The highest BCUT2D eigenvalue weighted by Gasteiger charge is 2.26. The molecule has 27 heavy (non-hydrogen) atoms. The maximum Gasteiger partial charge on any atom is 0.319 e. The molecule has 0 saturated heterocycles. The van der Waals surface area contributed by atoms with Crippen LogP contribution in [0.3, 0.4) is 0 Å². The van der Waals surface area contributed by atoms with Crippen molar-refractivity contribution < 1.29 is 4.79 Å². The number of carbonyl (C=O) groups is 1. The van der Waals surface area contributed by atoms with Gasteiger partial charge in [-0.2, -0.15) is 5.10 Å². The minimum atomic E-state index is -0.229. The van der Waals surface area contributed by atoms with Crippen LogP contribution in [0.4, 0.5) is 10.5 Å². The number of amides is 2. The van der Waals surface area contributed by atoms with E-state index in [4.69, 9.17) is 0 Å². The molecule has 0 aliphatic carbocycles. The summed E-state index contributed by atoms with van der Waals surface area (Å²) in [6, 6.07) is 7.42. The van der Waals surface area contributed by atoms with E-state index in [2.05, 4.69) is 46.5 Å². The number of benzene rings is 1. The number of nitrogens with zero attached hydrogens (tertiary/aromatic N) is 5. The zero-order valence-corrected chi connectivity index (χ0v) is 15.8. The Labute approximate surface area is 158 Å². The number of nitrogens with one attached hydrogen (secondary N) is 2. The van der Waals surface area contributed by atoms with Crippen LogP contribution in [0.2, 0.25) is 0 Å². The summed E-state index contributed by atoms with van der Waals surface area (Å²) >= 11 is 0. The van der Waals surface area contributed by atoms with Crippen LogP contribution in [0, 0.1) is 5.41 Å². The molecule has 0 radical (unpaired) electrons. The molecule has 0 unspecified atom stereocenters. The standard InChI is InChI=1S/C19H25N7O/c1-19(2,3)17(11-25-8-7-20-13-25)24-18(27)23-16-6-4-5-15(9-16)10-26-14-21-12-22-26/h4-9,12-14,17H,10-11H2,1-3H3,(H2,23,24,27)/t17-/m0/s1. The van der Waals surface area contributed by atoms with Gasteiger partial charge in [-0.25, -0.2) is 19.4 Å². The molecule has 8 heteroatoms. The second-order valence-electron chi connectivity index (χ2n) is 7.57. The minimum Gasteiger partial charge on any atom is -0.335 e. The van der Waals surface area contributed by atoms with Crippen LogP contribution in [-0.4, -0.2) is 36.4 Å². The predicted molar refractivity (Wildman–Crippen MR) is 103 cm³/mol. The number of aromatic nitrogens is 5. The Hall–Kier alpha value is -3.16. The van der Waals surface area contributed by atoms with Gasteiger partial charge in [-0.1, -0.05) is 32.9 Å². The van der Waals surface area contributed by atoms with Crippen LogP contribution in [0.1, 0.15) is 26.3 Å². The molecule has 3 rings (SSSR count). The fraction of sp³-hybridized carbons (Fsp3) is 0.368. The summed E-state index contributed by atoms with van der Waals surface area (Å²) in [6.45, 7) is 7.57. The first kappa shape index (κ1) is 18.6. The molecule has 0 aliphatic heterocycles. The van der Waals surface area contributed by atoms with Crippen molar-refractivity contribution in [2.24, 2.45) is 5.41 Å². The fourth-order valence-corrected chi connectivity index (χ4v) is 2.72. The lowest BCUT2D eigenvalue weighted by atomic mass is 9.86. The lowest BCUT2D eigenvalue weighted by Gasteiger charge is -2.31. The zero-order chi connectivity index (χ0) is 19.3. The molecule has 0 bridgehead atoms. The molecule has 0 aliphatic rings. The number of carbonyl (C=O) groups excluding carboxylic acids is 1. The van der Waals surface area contributed by atoms with Gasteiger partial charge >= 0.3 is 6.03 Å². The second-order valence-corrected chi connectivity index (χ2v) is 7.57.